The molecule has 2 rings (SSSR count). The number of aliphatic hydroxyl groups is 1. The molecule has 0 unspecified atom stereocenters. The molecule has 0 radical (unpaired) electrons. The number of hydroxylamine groups is 1. The number of aliphatic hydroxyl groups excluding tert-OH is 1. The molecule has 29 heavy (non-hydrogen) atoms. The smallest absolute Gasteiger partial charge is 0.268 e. The van der Waals surface area contributed by atoms with Crippen LogP contribution in [-0.4, -0.2) is 46.2 Å². The Morgan fingerprint density at radius 1 is 0.897 bits per heavy atom. The molecule has 3 atom stereocenters. The van der Waals surface area contributed by atoms with Crippen molar-refractivity contribution in [2.24, 2.45) is 5.73 Å². The molecule has 9 nitrogen and oxygen atoms in total. The van der Waals surface area contributed by atoms with Gasteiger partial charge in [0.05, 0.1) is 12.1 Å². The van der Waals surface area contributed by atoms with E-state index in [-0.39, 0.29) is 11.5 Å². The first kappa shape index (κ1) is 22.0. The third-order valence-corrected chi connectivity index (χ3v) is 4.21. The number of nitrogens with two attached hydrogens (primary N) is 1. The summed E-state index contributed by atoms with van der Waals surface area (Å²) in [7, 11) is 0. The van der Waals surface area contributed by atoms with Gasteiger partial charge in [-0.05, 0) is 49.2 Å². The molecule has 0 bridgehead atoms. The Hall–Kier alpha value is -3.27. The third-order valence-electron chi connectivity index (χ3n) is 4.21. The molecule has 2 aromatic rings. The van der Waals surface area contributed by atoms with Gasteiger partial charge >= 0.3 is 0 Å². The highest BCUT2D eigenvalue weighted by Gasteiger charge is 2.25. The lowest BCUT2D eigenvalue weighted by Crippen LogP contribution is -2.51. The first-order valence-electron chi connectivity index (χ1n) is 8.92. The average Bonchev–Trinajstić information content (AvgIpc) is 2.71. The van der Waals surface area contributed by atoms with Crippen molar-refractivity contribution in [1.29, 1.82) is 0 Å². The van der Waals surface area contributed by atoms with Gasteiger partial charge < -0.3 is 21.5 Å². The van der Waals surface area contributed by atoms with Gasteiger partial charge in [-0.15, -0.1) is 0 Å². The van der Waals surface area contributed by atoms with Crippen LogP contribution in [-0.2, 0) is 9.59 Å². The fourth-order valence-electron chi connectivity index (χ4n) is 2.52. The van der Waals surface area contributed by atoms with Gasteiger partial charge in [-0.1, -0.05) is 24.3 Å². The van der Waals surface area contributed by atoms with Crippen molar-refractivity contribution in [2.75, 3.05) is 5.32 Å². The molecule has 0 heterocycles. The number of hydrogen-bond donors (Lipinski definition) is 6. The highest BCUT2D eigenvalue weighted by Crippen LogP contribution is 2.22. The number of hydrogen-bond acceptors (Lipinski definition) is 6. The quantitative estimate of drug-likeness (QED) is 0.296. The van der Waals surface area contributed by atoms with Gasteiger partial charge in [0, 0.05) is 11.3 Å². The number of anilines is 1. The molecule has 154 valence electrons. The largest absolute Gasteiger partial charge is 0.391 e. The minimum atomic E-state index is -1.29. The number of rotatable bonds is 7. The summed E-state index contributed by atoms with van der Waals surface area (Å²) in [4.78, 5) is 35.4. The van der Waals surface area contributed by atoms with Crippen LogP contribution in [0.3, 0.4) is 0 Å². The van der Waals surface area contributed by atoms with E-state index >= 15 is 0 Å². The molecular weight excluding hydrogens is 376 g/mol. The minimum absolute atomic E-state index is 0.279. The van der Waals surface area contributed by atoms with Gasteiger partial charge in [0.2, 0.25) is 5.91 Å². The summed E-state index contributed by atoms with van der Waals surface area (Å²) in [5.41, 5.74) is 9.55. The highest BCUT2D eigenvalue weighted by molar-refractivity contribution is 5.98. The lowest BCUT2D eigenvalue weighted by atomic mass is 10.0. The van der Waals surface area contributed by atoms with Crippen LogP contribution in [0.15, 0.2) is 48.5 Å². The molecular formula is C20H24N4O5. The van der Waals surface area contributed by atoms with E-state index in [0.29, 0.717) is 5.69 Å². The second-order valence-electron chi connectivity index (χ2n) is 6.60. The Morgan fingerprint density at radius 3 is 1.86 bits per heavy atom. The Labute approximate surface area is 167 Å². The Balaban J connectivity index is 2.08. The van der Waals surface area contributed by atoms with Gasteiger partial charge in [-0.3, -0.25) is 19.6 Å². The summed E-state index contributed by atoms with van der Waals surface area (Å²) >= 11 is 0. The fourth-order valence-corrected chi connectivity index (χ4v) is 2.52. The number of carbonyl (C=O) groups excluding carboxylic acids is 3. The van der Waals surface area contributed by atoms with E-state index < -0.39 is 30.0 Å². The normalized spacial score (nSPS) is 13.7. The van der Waals surface area contributed by atoms with Gasteiger partial charge in [0.25, 0.3) is 11.8 Å². The molecule has 0 aromatic heterocycles. The van der Waals surface area contributed by atoms with Crippen molar-refractivity contribution < 1.29 is 24.7 Å². The third kappa shape index (κ3) is 5.85. The molecule has 0 fully saturated rings. The lowest BCUT2D eigenvalue weighted by Gasteiger charge is -2.19. The maximum Gasteiger partial charge on any atom is 0.268 e. The van der Waals surface area contributed by atoms with E-state index in [9.17, 15) is 19.5 Å². The standard InChI is InChI=1S/C20H24N4O5/c1-11(21)18(26)22-16-9-7-14(8-10-16)13-3-5-15(6-4-13)19(27)23-17(12(2)25)20(28)24-29/h3-12,17,25,29H,21H2,1-2H3,(H,22,26)(H,23,27)(H,24,28)/t11-,12+,17-/m0/s1. The van der Waals surface area contributed by atoms with Gasteiger partial charge in [0.1, 0.15) is 6.04 Å². The van der Waals surface area contributed by atoms with Gasteiger partial charge in [0.15, 0.2) is 0 Å². The van der Waals surface area contributed by atoms with Crippen molar-refractivity contribution in [2.45, 2.75) is 32.0 Å². The summed E-state index contributed by atoms with van der Waals surface area (Å²) < 4.78 is 0. The SMILES string of the molecule is C[C@H](N)C(=O)Nc1ccc(-c2ccc(C(=O)N[C@H](C(=O)NO)[C@@H](C)O)cc2)cc1. The predicted molar refractivity (Wildman–Crippen MR) is 107 cm³/mol. The number of benzene rings is 2. The van der Waals surface area contributed by atoms with Crippen molar-refractivity contribution >= 4 is 23.4 Å². The van der Waals surface area contributed by atoms with Crippen LogP contribution in [0.4, 0.5) is 5.69 Å². The molecule has 0 spiro atoms. The van der Waals surface area contributed by atoms with E-state index in [0.717, 1.165) is 11.1 Å². The van der Waals surface area contributed by atoms with Crippen molar-refractivity contribution in [1.82, 2.24) is 10.8 Å². The highest BCUT2D eigenvalue weighted by atomic mass is 16.5. The summed E-state index contributed by atoms with van der Waals surface area (Å²) in [6.45, 7) is 2.92. The maximum absolute atomic E-state index is 12.3. The Bertz CT molecular complexity index is 863. The van der Waals surface area contributed by atoms with E-state index in [4.69, 9.17) is 10.9 Å². The molecule has 9 heteroatoms. The van der Waals surface area contributed by atoms with Crippen LogP contribution < -0.4 is 21.8 Å². The molecule has 0 saturated heterocycles. The van der Waals surface area contributed by atoms with E-state index in [2.05, 4.69) is 10.6 Å². The van der Waals surface area contributed by atoms with Crippen molar-refractivity contribution in [3.05, 3.63) is 54.1 Å². The zero-order valence-electron chi connectivity index (χ0n) is 16.0. The molecule has 0 saturated carbocycles. The van der Waals surface area contributed by atoms with Crippen LogP contribution >= 0.6 is 0 Å². The zero-order chi connectivity index (χ0) is 21.6. The molecule has 7 N–H and O–H groups in total. The first-order valence-corrected chi connectivity index (χ1v) is 8.92. The van der Waals surface area contributed by atoms with E-state index in [1.54, 1.807) is 43.3 Å². The second-order valence-corrected chi connectivity index (χ2v) is 6.60. The molecule has 0 aliphatic heterocycles. The van der Waals surface area contributed by atoms with Crippen molar-refractivity contribution in [3.8, 4) is 11.1 Å². The Morgan fingerprint density at radius 2 is 1.41 bits per heavy atom. The van der Waals surface area contributed by atoms with Crippen LogP contribution in [0, 0.1) is 0 Å². The minimum Gasteiger partial charge on any atom is -0.391 e. The first-order chi connectivity index (χ1) is 13.7. The molecule has 3 amide bonds. The Kier molecular flexibility index (Phi) is 7.43. The van der Waals surface area contributed by atoms with Gasteiger partial charge in [-0.2, -0.15) is 0 Å². The monoisotopic (exact) mass is 400 g/mol. The summed E-state index contributed by atoms with van der Waals surface area (Å²) in [5, 5.41) is 23.4. The molecule has 0 aliphatic carbocycles. The number of nitrogens with one attached hydrogen (secondary N) is 3. The number of carbonyl (C=O) groups is 3. The van der Waals surface area contributed by atoms with E-state index in [1.165, 1.54) is 12.4 Å². The topological polar surface area (TPSA) is 154 Å². The van der Waals surface area contributed by atoms with Crippen LogP contribution in [0.5, 0.6) is 0 Å². The maximum atomic E-state index is 12.3. The average molecular weight is 400 g/mol. The number of amides is 3. The van der Waals surface area contributed by atoms with Crippen molar-refractivity contribution in [3.63, 3.8) is 0 Å². The summed E-state index contributed by atoms with van der Waals surface area (Å²) in [5.74, 6) is -1.76. The predicted octanol–water partition coefficient (Wildman–Crippen LogP) is 0.624. The summed E-state index contributed by atoms with van der Waals surface area (Å²) in [6, 6.07) is 11.9. The lowest BCUT2D eigenvalue weighted by molar-refractivity contribution is -0.133. The molecule has 0 aliphatic rings. The van der Waals surface area contributed by atoms with Crippen LogP contribution in [0.1, 0.15) is 24.2 Å². The van der Waals surface area contributed by atoms with Gasteiger partial charge in [-0.25, -0.2) is 5.48 Å². The van der Waals surface area contributed by atoms with E-state index in [1.807, 2.05) is 12.1 Å². The van der Waals surface area contributed by atoms with Crippen LogP contribution in [0.25, 0.3) is 11.1 Å². The molecule has 2 aromatic carbocycles. The summed E-state index contributed by atoms with van der Waals surface area (Å²) in [6.07, 6.45) is -1.19. The van der Waals surface area contributed by atoms with Crippen LogP contribution in [0.2, 0.25) is 0 Å². The fraction of sp³-hybridized carbons (Fsp3) is 0.250. The second kappa shape index (κ2) is 9.78. The zero-order valence-corrected chi connectivity index (χ0v) is 16.0.